The van der Waals surface area contributed by atoms with Crippen molar-refractivity contribution in [2.24, 2.45) is 7.05 Å². The molecule has 0 radical (unpaired) electrons. The summed E-state index contributed by atoms with van der Waals surface area (Å²) in [6.45, 7) is 1.70. The normalized spacial score (nSPS) is 17.5. The lowest BCUT2D eigenvalue weighted by Gasteiger charge is -2.23. The zero-order valence-electron chi connectivity index (χ0n) is 10.0. The van der Waals surface area contributed by atoms with Crippen molar-refractivity contribution < 1.29 is 4.74 Å². The topological polar surface area (TPSA) is 39.1 Å². The molecule has 2 heterocycles. The van der Waals surface area contributed by atoms with Crippen molar-refractivity contribution >= 4 is 17.0 Å². The molecule has 3 rings (SSSR count). The summed E-state index contributed by atoms with van der Waals surface area (Å²) >= 11 is 0. The van der Waals surface area contributed by atoms with Gasteiger partial charge in [0.25, 0.3) is 0 Å². The Kier molecular flexibility index (Phi) is 2.73. The molecule has 17 heavy (non-hydrogen) atoms. The Balaban J connectivity index is 1.87. The summed E-state index contributed by atoms with van der Waals surface area (Å²) in [7, 11) is 2.05. The molecule has 1 saturated heterocycles. The molecular formula is C13H17N3O. The Labute approximate surface area is 101 Å². The third-order valence-corrected chi connectivity index (χ3v) is 3.34. The number of nitrogens with one attached hydrogen (secondary N) is 1. The fourth-order valence-corrected chi connectivity index (χ4v) is 2.30. The van der Waals surface area contributed by atoms with Gasteiger partial charge in [-0.25, -0.2) is 4.98 Å². The number of hydrogen-bond acceptors (Lipinski definition) is 3. The molecule has 4 nitrogen and oxygen atoms in total. The molecule has 1 aromatic heterocycles. The number of ether oxygens (including phenoxy) is 1. The van der Waals surface area contributed by atoms with E-state index >= 15 is 0 Å². The third-order valence-electron chi connectivity index (χ3n) is 3.34. The van der Waals surface area contributed by atoms with E-state index in [1.54, 1.807) is 0 Å². The van der Waals surface area contributed by atoms with Crippen LogP contribution in [0.4, 0.5) is 5.95 Å². The summed E-state index contributed by atoms with van der Waals surface area (Å²) in [6, 6.07) is 8.69. The first-order valence-electron chi connectivity index (χ1n) is 6.10. The van der Waals surface area contributed by atoms with Crippen molar-refractivity contribution in [1.29, 1.82) is 0 Å². The molecule has 0 unspecified atom stereocenters. The van der Waals surface area contributed by atoms with Crippen LogP contribution in [0.15, 0.2) is 24.3 Å². The van der Waals surface area contributed by atoms with E-state index in [-0.39, 0.29) is 0 Å². The Hall–Kier alpha value is -1.55. The number of hydrogen-bond donors (Lipinski definition) is 1. The molecule has 4 heteroatoms. The second kappa shape index (κ2) is 4.37. The van der Waals surface area contributed by atoms with Crippen LogP contribution in [-0.4, -0.2) is 28.8 Å². The number of aromatic nitrogens is 2. The van der Waals surface area contributed by atoms with Crippen molar-refractivity contribution in [2.75, 3.05) is 18.5 Å². The highest BCUT2D eigenvalue weighted by atomic mass is 16.5. The van der Waals surface area contributed by atoms with Crippen molar-refractivity contribution in [2.45, 2.75) is 18.9 Å². The van der Waals surface area contributed by atoms with Gasteiger partial charge in [0.2, 0.25) is 5.95 Å². The number of fused-ring (bicyclic) bond motifs is 1. The molecule has 0 atom stereocenters. The lowest BCUT2D eigenvalue weighted by molar-refractivity contribution is 0.0902. The Morgan fingerprint density at radius 3 is 2.82 bits per heavy atom. The monoisotopic (exact) mass is 231 g/mol. The number of nitrogens with zero attached hydrogens (tertiary/aromatic N) is 2. The number of aryl methyl sites for hydroxylation is 1. The lowest BCUT2D eigenvalue weighted by atomic mass is 10.1. The fourth-order valence-electron chi connectivity index (χ4n) is 2.30. The average Bonchev–Trinajstić information content (AvgIpc) is 2.68. The minimum absolute atomic E-state index is 0.485. The van der Waals surface area contributed by atoms with E-state index in [2.05, 4.69) is 28.0 Å². The smallest absolute Gasteiger partial charge is 0.203 e. The molecule has 0 spiro atoms. The predicted octanol–water partition coefficient (Wildman–Crippen LogP) is 2.16. The van der Waals surface area contributed by atoms with Crippen LogP contribution in [0, 0.1) is 0 Å². The van der Waals surface area contributed by atoms with Gasteiger partial charge in [0.15, 0.2) is 0 Å². The molecule has 0 bridgehead atoms. The minimum atomic E-state index is 0.485. The van der Waals surface area contributed by atoms with Gasteiger partial charge in [0, 0.05) is 26.3 Å². The zero-order valence-corrected chi connectivity index (χ0v) is 10.0. The maximum Gasteiger partial charge on any atom is 0.203 e. The van der Waals surface area contributed by atoms with Gasteiger partial charge < -0.3 is 14.6 Å². The van der Waals surface area contributed by atoms with Crippen molar-refractivity contribution in [3.8, 4) is 0 Å². The summed E-state index contributed by atoms with van der Waals surface area (Å²) in [5.74, 6) is 0.957. The van der Waals surface area contributed by atoms with Crippen LogP contribution < -0.4 is 5.32 Å². The van der Waals surface area contributed by atoms with E-state index in [0.29, 0.717) is 6.04 Å². The number of imidazole rings is 1. The second-order valence-electron chi connectivity index (χ2n) is 4.51. The predicted molar refractivity (Wildman–Crippen MR) is 68.2 cm³/mol. The minimum Gasteiger partial charge on any atom is -0.381 e. The summed E-state index contributed by atoms with van der Waals surface area (Å²) in [5, 5.41) is 3.51. The molecule has 1 aliphatic heterocycles. The molecule has 1 N–H and O–H groups in total. The SMILES string of the molecule is Cn1c(NC2CCOCC2)nc2ccccc21. The Morgan fingerprint density at radius 1 is 1.29 bits per heavy atom. The van der Waals surface area contributed by atoms with Gasteiger partial charge in [-0.05, 0) is 25.0 Å². The van der Waals surface area contributed by atoms with E-state index < -0.39 is 0 Å². The summed E-state index contributed by atoms with van der Waals surface area (Å²) < 4.78 is 7.48. The van der Waals surface area contributed by atoms with Crippen LogP contribution >= 0.6 is 0 Å². The van der Waals surface area contributed by atoms with E-state index in [1.165, 1.54) is 5.52 Å². The van der Waals surface area contributed by atoms with Gasteiger partial charge in [-0.1, -0.05) is 12.1 Å². The first-order chi connectivity index (χ1) is 8.34. The van der Waals surface area contributed by atoms with Crippen LogP contribution in [-0.2, 0) is 11.8 Å². The molecule has 1 aromatic carbocycles. The van der Waals surface area contributed by atoms with Gasteiger partial charge >= 0.3 is 0 Å². The molecule has 0 amide bonds. The number of benzene rings is 1. The van der Waals surface area contributed by atoms with E-state index in [4.69, 9.17) is 4.74 Å². The highest BCUT2D eigenvalue weighted by Crippen LogP contribution is 2.20. The zero-order chi connectivity index (χ0) is 11.7. The molecule has 2 aromatic rings. The van der Waals surface area contributed by atoms with Gasteiger partial charge in [-0.15, -0.1) is 0 Å². The molecule has 1 aliphatic rings. The summed E-state index contributed by atoms with van der Waals surface area (Å²) in [6.07, 6.45) is 2.12. The maximum absolute atomic E-state index is 5.36. The van der Waals surface area contributed by atoms with Crippen LogP contribution in [0.5, 0.6) is 0 Å². The number of rotatable bonds is 2. The number of para-hydroxylation sites is 2. The lowest BCUT2D eigenvalue weighted by Crippen LogP contribution is -2.28. The molecule has 0 aliphatic carbocycles. The van der Waals surface area contributed by atoms with Crippen LogP contribution in [0.2, 0.25) is 0 Å². The van der Waals surface area contributed by atoms with Crippen molar-refractivity contribution in [3.05, 3.63) is 24.3 Å². The highest BCUT2D eigenvalue weighted by molar-refractivity contribution is 5.78. The average molecular weight is 231 g/mol. The summed E-state index contributed by atoms with van der Waals surface area (Å²) in [4.78, 5) is 4.62. The Bertz CT molecular complexity index is 514. The van der Waals surface area contributed by atoms with Crippen LogP contribution in [0.3, 0.4) is 0 Å². The summed E-state index contributed by atoms with van der Waals surface area (Å²) in [5.41, 5.74) is 2.21. The largest absolute Gasteiger partial charge is 0.381 e. The third kappa shape index (κ3) is 2.00. The van der Waals surface area contributed by atoms with Crippen LogP contribution in [0.25, 0.3) is 11.0 Å². The van der Waals surface area contributed by atoms with Crippen LogP contribution in [0.1, 0.15) is 12.8 Å². The van der Waals surface area contributed by atoms with E-state index in [0.717, 1.165) is 37.5 Å². The molecule has 0 saturated carbocycles. The van der Waals surface area contributed by atoms with Gasteiger partial charge in [0.1, 0.15) is 0 Å². The first-order valence-corrected chi connectivity index (χ1v) is 6.10. The number of anilines is 1. The maximum atomic E-state index is 5.36. The van der Waals surface area contributed by atoms with Gasteiger partial charge in [-0.2, -0.15) is 0 Å². The second-order valence-corrected chi connectivity index (χ2v) is 4.51. The molecular weight excluding hydrogens is 214 g/mol. The molecule has 1 fully saturated rings. The van der Waals surface area contributed by atoms with Crippen molar-refractivity contribution in [1.82, 2.24) is 9.55 Å². The fraction of sp³-hybridized carbons (Fsp3) is 0.462. The van der Waals surface area contributed by atoms with Gasteiger partial charge in [0.05, 0.1) is 11.0 Å². The molecule has 90 valence electrons. The van der Waals surface area contributed by atoms with E-state index in [9.17, 15) is 0 Å². The van der Waals surface area contributed by atoms with E-state index in [1.807, 2.05) is 18.2 Å². The standard InChI is InChI=1S/C13H17N3O/c1-16-12-5-3-2-4-11(12)15-13(16)14-10-6-8-17-9-7-10/h2-5,10H,6-9H2,1H3,(H,14,15). The quantitative estimate of drug-likeness (QED) is 0.861. The Morgan fingerprint density at radius 2 is 2.06 bits per heavy atom. The van der Waals surface area contributed by atoms with Gasteiger partial charge in [-0.3, -0.25) is 0 Å². The first kappa shape index (κ1) is 10.6. The van der Waals surface area contributed by atoms with Crippen molar-refractivity contribution in [3.63, 3.8) is 0 Å². The highest BCUT2D eigenvalue weighted by Gasteiger charge is 2.16.